The van der Waals surface area contributed by atoms with Crippen LogP contribution >= 0.6 is 0 Å². The zero-order valence-corrected chi connectivity index (χ0v) is 26.9. The molecule has 2 aliphatic heterocycles. The summed E-state index contributed by atoms with van der Waals surface area (Å²) in [6.45, 7) is 14.0. The van der Waals surface area contributed by atoms with Gasteiger partial charge in [-0.15, -0.1) is 0 Å². The maximum Gasteiger partial charge on any atom is 0.311 e. The van der Waals surface area contributed by atoms with Gasteiger partial charge in [0.25, 0.3) is 0 Å². The van der Waals surface area contributed by atoms with Crippen molar-refractivity contribution in [3.8, 4) is 0 Å². The Kier molecular flexibility index (Phi) is 12.6. The quantitative estimate of drug-likeness (QED) is 0.400. The highest BCUT2D eigenvalue weighted by Crippen LogP contribution is 2.38. The van der Waals surface area contributed by atoms with E-state index in [1.165, 1.54) is 20.1 Å². The lowest BCUT2D eigenvalue weighted by molar-refractivity contribution is -0.301. The predicted octanol–water partition coefficient (Wildman–Crippen LogP) is 2.85. The smallest absolute Gasteiger partial charge is 0.311 e. The van der Waals surface area contributed by atoms with Crippen molar-refractivity contribution in [3.05, 3.63) is 11.6 Å². The number of aliphatic hydroxyl groups excluding tert-OH is 2. The molecule has 41 heavy (non-hydrogen) atoms. The normalized spacial score (nSPS) is 43.8. The molecule has 0 aliphatic carbocycles. The molecule has 10 heteroatoms. The summed E-state index contributed by atoms with van der Waals surface area (Å²) in [4.78, 5) is 28.9. The second-order valence-corrected chi connectivity index (χ2v) is 12.8. The molecule has 238 valence electrons. The average Bonchev–Trinajstić information content (AvgIpc) is 2.91. The molecule has 1 unspecified atom stereocenters. The number of nitrogens with zero attached hydrogens (tertiary/aromatic N) is 1. The number of hydrogen-bond donors (Lipinski definition) is 3. The third kappa shape index (κ3) is 8.16. The molecule has 0 saturated carbocycles. The van der Waals surface area contributed by atoms with Crippen LogP contribution in [0.3, 0.4) is 0 Å². The average molecular weight is 586 g/mol. The van der Waals surface area contributed by atoms with E-state index < -0.39 is 65.6 Å². The lowest BCUT2D eigenvalue weighted by atomic mass is 9.76. The zero-order valence-electron chi connectivity index (χ0n) is 26.9. The van der Waals surface area contributed by atoms with E-state index in [9.17, 15) is 24.9 Å². The number of likely N-dealkylation sites (N-methyl/N-ethyl adjacent to an activating group) is 1. The van der Waals surface area contributed by atoms with Crippen molar-refractivity contribution in [1.82, 2.24) is 4.90 Å². The number of methoxy groups -OCH3 is 1. The van der Waals surface area contributed by atoms with Crippen LogP contribution in [0.4, 0.5) is 0 Å². The first-order valence-electron chi connectivity index (χ1n) is 15.0. The Morgan fingerprint density at radius 3 is 2.20 bits per heavy atom. The van der Waals surface area contributed by atoms with Gasteiger partial charge in [0.1, 0.15) is 17.8 Å². The van der Waals surface area contributed by atoms with E-state index in [2.05, 4.69) is 0 Å². The minimum atomic E-state index is -1.59. The molecule has 3 N–H and O–H groups in total. The molecule has 12 atom stereocenters. The molecule has 1 fully saturated rings. The summed E-state index contributed by atoms with van der Waals surface area (Å²) in [6, 6.07) is -0.221. The topological polar surface area (TPSA) is 135 Å². The summed E-state index contributed by atoms with van der Waals surface area (Å²) in [5.74, 6) is -3.05. The minimum absolute atomic E-state index is 0.162. The second kappa shape index (κ2) is 14.4. The van der Waals surface area contributed by atoms with Crippen LogP contribution in [0.5, 0.6) is 0 Å². The number of rotatable bonds is 6. The van der Waals surface area contributed by atoms with Crippen LogP contribution in [-0.2, 0) is 28.5 Å². The Labute approximate surface area is 246 Å². The van der Waals surface area contributed by atoms with Crippen LogP contribution in [0.25, 0.3) is 0 Å². The van der Waals surface area contributed by atoms with Crippen LogP contribution in [0.15, 0.2) is 11.6 Å². The largest absolute Gasteiger partial charge is 0.459 e. The van der Waals surface area contributed by atoms with Crippen molar-refractivity contribution < 1.29 is 43.9 Å². The van der Waals surface area contributed by atoms with Gasteiger partial charge in [0.15, 0.2) is 12.1 Å². The van der Waals surface area contributed by atoms with Crippen molar-refractivity contribution >= 4 is 11.8 Å². The number of ketones is 1. The summed E-state index contributed by atoms with van der Waals surface area (Å²) in [5.41, 5.74) is -2.29. The third-order valence-electron chi connectivity index (χ3n) is 9.13. The Balaban J connectivity index is 2.64. The molecule has 0 spiro atoms. The number of ether oxygens (including phenoxy) is 4. The lowest BCUT2D eigenvalue weighted by Gasteiger charge is -2.47. The molecular weight excluding hydrogens is 530 g/mol. The minimum Gasteiger partial charge on any atom is -0.459 e. The number of aliphatic hydroxyl groups is 3. The van der Waals surface area contributed by atoms with Crippen molar-refractivity contribution in [2.75, 3.05) is 21.2 Å². The van der Waals surface area contributed by atoms with Crippen molar-refractivity contribution in [3.63, 3.8) is 0 Å². The van der Waals surface area contributed by atoms with Gasteiger partial charge in [-0.25, -0.2) is 0 Å². The highest BCUT2D eigenvalue weighted by Gasteiger charge is 2.49. The van der Waals surface area contributed by atoms with Crippen molar-refractivity contribution in [2.45, 2.75) is 135 Å². The molecule has 0 aromatic heterocycles. The first-order chi connectivity index (χ1) is 18.9. The predicted molar refractivity (Wildman–Crippen MR) is 155 cm³/mol. The number of esters is 1. The molecule has 1 saturated heterocycles. The van der Waals surface area contributed by atoms with Gasteiger partial charge in [-0.3, -0.25) is 9.59 Å². The maximum atomic E-state index is 13.7. The molecule has 0 aromatic carbocycles. The van der Waals surface area contributed by atoms with E-state index in [0.29, 0.717) is 24.8 Å². The van der Waals surface area contributed by atoms with Crippen LogP contribution < -0.4 is 0 Å². The number of Topliss-reactive ketones (excluding diaryl/α,β-unsaturated/α-hetero) is 1. The van der Waals surface area contributed by atoms with Crippen molar-refractivity contribution in [2.24, 2.45) is 17.8 Å². The third-order valence-corrected chi connectivity index (χ3v) is 9.13. The van der Waals surface area contributed by atoms with Crippen LogP contribution in [-0.4, -0.2) is 107 Å². The molecule has 2 aliphatic rings. The number of carbonyl (C=O) groups is 2. The molecule has 2 rings (SSSR count). The highest BCUT2D eigenvalue weighted by atomic mass is 16.7. The summed E-state index contributed by atoms with van der Waals surface area (Å²) < 4.78 is 24.4. The van der Waals surface area contributed by atoms with E-state index in [1.54, 1.807) is 34.6 Å². The first kappa shape index (κ1) is 35.8. The van der Waals surface area contributed by atoms with Gasteiger partial charge in [-0.05, 0) is 79.1 Å². The molecule has 0 amide bonds. The lowest BCUT2D eigenvalue weighted by Crippen LogP contribution is -2.59. The molecular formula is C31H55NO9. The van der Waals surface area contributed by atoms with Gasteiger partial charge in [-0.1, -0.05) is 27.7 Å². The van der Waals surface area contributed by atoms with Gasteiger partial charge in [-0.2, -0.15) is 0 Å². The van der Waals surface area contributed by atoms with E-state index in [1.807, 2.05) is 32.8 Å². The number of cyclic esters (lactones) is 1. The SMILES string of the molecule is CCC1=C[C@](C)(O)[C@@H](CC)OC(=O)[C@H](C)[C@@H](O)[C@H](C)[C@@H](OC2O[C@H](C)C[C@H](N(C)C)[C@H]2O)[C@@](C)(OC)C[C@@H](C)C1=O. The Hall–Kier alpha value is -1.40. The van der Waals surface area contributed by atoms with Crippen LogP contribution in [0.2, 0.25) is 0 Å². The Morgan fingerprint density at radius 1 is 1.07 bits per heavy atom. The molecule has 0 radical (unpaired) electrons. The maximum absolute atomic E-state index is 13.7. The number of allylic oxidation sites excluding steroid dienone is 1. The first-order valence-corrected chi connectivity index (χ1v) is 15.0. The standard InChI is InChI=1S/C31H55NO9/c1-12-21-16-30(7,37)23(13-2)40-28(36)20(6)25(34)19(5)27(31(8,38-11)15-17(3)24(21)33)41-29-26(35)22(32(9)10)14-18(4)39-29/h16-20,22-23,25-27,29,34-35,37H,12-15H2,1-11H3/t17-,18-,19+,20-,22+,23-,25+,26-,27-,29?,30+,31+/m1/s1. The summed E-state index contributed by atoms with van der Waals surface area (Å²) in [6.07, 6.45) is -2.24. The summed E-state index contributed by atoms with van der Waals surface area (Å²) >= 11 is 0. The van der Waals surface area contributed by atoms with Crippen LogP contribution in [0, 0.1) is 17.8 Å². The van der Waals surface area contributed by atoms with Gasteiger partial charge in [0.05, 0.1) is 29.8 Å². The van der Waals surface area contributed by atoms with E-state index in [-0.39, 0.29) is 24.3 Å². The fourth-order valence-electron chi connectivity index (χ4n) is 6.39. The van der Waals surface area contributed by atoms with Gasteiger partial charge in [0, 0.05) is 25.0 Å². The number of hydrogen-bond acceptors (Lipinski definition) is 10. The van der Waals surface area contributed by atoms with Crippen molar-refractivity contribution in [1.29, 1.82) is 0 Å². The summed E-state index contributed by atoms with van der Waals surface area (Å²) in [7, 11) is 5.29. The molecule has 10 nitrogen and oxygen atoms in total. The van der Waals surface area contributed by atoms with E-state index >= 15 is 0 Å². The van der Waals surface area contributed by atoms with Gasteiger partial charge in [0.2, 0.25) is 0 Å². The Morgan fingerprint density at radius 2 is 1.68 bits per heavy atom. The van der Waals surface area contributed by atoms with E-state index in [4.69, 9.17) is 18.9 Å². The van der Waals surface area contributed by atoms with Gasteiger partial charge >= 0.3 is 5.97 Å². The van der Waals surface area contributed by atoms with E-state index in [0.717, 1.165) is 0 Å². The summed E-state index contributed by atoms with van der Waals surface area (Å²) in [5, 5.41) is 34.0. The molecule has 0 aromatic rings. The van der Waals surface area contributed by atoms with Crippen LogP contribution in [0.1, 0.15) is 81.1 Å². The fraction of sp³-hybridized carbons (Fsp3) is 0.871. The Bertz CT molecular complexity index is 921. The monoisotopic (exact) mass is 585 g/mol. The fourth-order valence-corrected chi connectivity index (χ4v) is 6.39. The second-order valence-electron chi connectivity index (χ2n) is 12.8. The van der Waals surface area contributed by atoms with Gasteiger partial charge < -0.3 is 39.2 Å². The number of carbonyl (C=O) groups excluding carboxylic acids is 2. The highest BCUT2D eigenvalue weighted by molar-refractivity contribution is 5.97. The molecule has 2 heterocycles. The molecule has 0 bridgehead atoms. The zero-order chi connectivity index (χ0) is 31.4.